The van der Waals surface area contributed by atoms with Crippen LogP contribution in [0.2, 0.25) is 0 Å². The topological polar surface area (TPSA) is 80.2 Å². The molecule has 0 aliphatic carbocycles. The van der Waals surface area contributed by atoms with Gasteiger partial charge in [0.15, 0.2) is 0 Å². The van der Waals surface area contributed by atoms with Crippen molar-refractivity contribution in [1.82, 2.24) is 15.0 Å². The van der Waals surface area contributed by atoms with Crippen molar-refractivity contribution in [1.29, 1.82) is 0 Å². The van der Waals surface area contributed by atoms with E-state index in [-0.39, 0.29) is 18.0 Å². The second-order valence-electron chi connectivity index (χ2n) is 6.14. The van der Waals surface area contributed by atoms with Crippen LogP contribution in [-0.4, -0.2) is 33.7 Å². The molecule has 1 aromatic carbocycles. The molecule has 1 saturated heterocycles. The van der Waals surface area contributed by atoms with Crippen molar-refractivity contribution in [3.63, 3.8) is 0 Å². The standard InChI is InChI=1S/C17H21N5O2/c1-11(2)14-9-24-17(23)22(14)16-19-10-18-15(21-16)20-12(3)13-7-5-4-6-8-13/h4-8,10-12,14H,9H2,1-3H3,(H,18,19,20,21)/t12-,14-/m1/s1. The van der Waals surface area contributed by atoms with Gasteiger partial charge in [0, 0.05) is 0 Å². The molecule has 1 aromatic heterocycles. The monoisotopic (exact) mass is 327 g/mol. The van der Waals surface area contributed by atoms with Crippen LogP contribution in [0.25, 0.3) is 0 Å². The average molecular weight is 327 g/mol. The lowest BCUT2D eigenvalue weighted by Gasteiger charge is -2.22. The molecule has 0 spiro atoms. The van der Waals surface area contributed by atoms with Crippen LogP contribution in [0.3, 0.4) is 0 Å². The van der Waals surface area contributed by atoms with Crippen molar-refractivity contribution >= 4 is 18.0 Å². The van der Waals surface area contributed by atoms with E-state index in [1.807, 2.05) is 51.1 Å². The predicted molar refractivity (Wildman–Crippen MR) is 90.8 cm³/mol. The van der Waals surface area contributed by atoms with Gasteiger partial charge in [-0.3, -0.25) is 0 Å². The van der Waals surface area contributed by atoms with E-state index in [1.165, 1.54) is 11.2 Å². The van der Waals surface area contributed by atoms with Crippen molar-refractivity contribution in [3.05, 3.63) is 42.2 Å². The number of hydrogen-bond acceptors (Lipinski definition) is 6. The number of amides is 1. The minimum Gasteiger partial charge on any atom is -0.447 e. The minimum atomic E-state index is -0.415. The highest BCUT2D eigenvalue weighted by molar-refractivity contribution is 5.88. The van der Waals surface area contributed by atoms with Gasteiger partial charge in [0.1, 0.15) is 12.9 Å². The van der Waals surface area contributed by atoms with Gasteiger partial charge in [0.2, 0.25) is 11.9 Å². The number of rotatable bonds is 5. The molecule has 7 heteroatoms. The number of carbonyl (C=O) groups is 1. The maximum atomic E-state index is 12.0. The molecule has 1 fully saturated rings. The first-order valence-corrected chi connectivity index (χ1v) is 8.02. The number of aromatic nitrogens is 3. The smallest absolute Gasteiger partial charge is 0.417 e. The molecule has 1 N–H and O–H groups in total. The Hall–Kier alpha value is -2.70. The summed E-state index contributed by atoms with van der Waals surface area (Å²) in [5.74, 6) is 0.986. The molecule has 2 heterocycles. The molecule has 1 aliphatic heterocycles. The molecule has 3 rings (SSSR count). The number of nitrogens with zero attached hydrogens (tertiary/aromatic N) is 4. The highest BCUT2D eigenvalue weighted by Crippen LogP contribution is 2.25. The van der Waals surface area contributed by atoms with Crippen molar-refractivity contribution < 1.29 is 9.53 Å². The number of nitrogens with one attached hydrogen (secondary N) is 1. The Balaban J connectivity index is 1.80. The lowest BCUT2D eigenvalue weighted by atomic mass is 10.1. The van der Waals surface area contributed by atoms with E-state index in [0.29, 0.717) is 18.5 Å². The van der Waals surface area contributed by atoms with Crippen LogP contribution in [0.5, 0.6) is 0 Å². The maximum absolute atomic E-state index is 12.0. The van der Waals surface area contributed by atoms with Gasteiger partial charge in [-0.15, -0.1) is 0 Å². The Labute approximate surface area is 141 Å². The van der Waals surface area contributed by atoms with Gasteiger partial charge in [0.05, 0.1) is 12.1 Å². The van der Waals surface area contributed by atoms with Crippen LogP contribution in [0.4, 0.5) is 16.7 Å². The maximum Gasteiger partial charge on any atom is 0.417 e. The van der Waals surface area contributed by atoms with Crippen molar-refractivity contribution in [2.45, 2.75) is 32.9 Å². The summed E-state index contributed by atoms with van der Waals surface area (Å²) >= 11 is 0. The molecule has 24 heavy (non-hydrogen) atoms. The normalized spacial score (nSPS) is 18.6. The summed E-state index contributed by atoms with van der Waals surface area (Å²) in [5.41, 5.74) is 1.13. The zero-order valence-corrected chi connectivity index (χ0v) is 14.0. The SMILES string of the molecule is CC(C)[C@H]1COC(=O)N1c1ncnc(N[C@H](C)c2ccccc2)n1. The van der Waals surface area contributed by atoms with Crippen LogP contribution < -0.4 is 10.2 Å². The first-order chi connectivity index (χ1) is 11.6. The summed E-state index contributed by atoms with van der Waals surface area (Å²) in [7, 11) is 0. The Morgan fingerprint density at radius 2 is 1.96 bits per heavy atom. The van der Waals surface area contributed by atoms with E-state index >= 15 is 0 Å². The Kier molecular flexibility index (Phi) is 4.59. The molecule has 0 bridgehead atoms. The van der Waals surface area contributed by atoms with Gasteiger partial charge in [-0.1, -0.05) is 44.2 Å². The molecular weight excluding hydrogens is 306 g/mol. The first-order valence-electron chi connectivity index (χ1n) is 8.02. The number of benzene rings is 1. The quantitative estimate of drug-likeness (QED) is 0.909. The van der Waals surface area contributed by atoms with Gasteiger partial charge in [-0.05, 0) is 18.4 Å². The lowest BCUT2D eigenvalue weighted by Crippen LogP contribution is -2.38. The Morgan fingerprint density at radius 3 is 2.67 bits per heavy atom. The number of cyclic esters (lactones) is 1. The van der Waals surface area contributed by atoms with E-state index < -0.39 is 6.09 Å². The molecule has 7 nitrogen and oxygen atoms in total. The molecular formula is C17H21N5O2. The number of ether oxygens (including phenoxy) is 1. The summed E-state index contributed by atoms with van der Waals surface area (Å²) in [6, 6.07) is 9.98. The van der Waals surface area contributed by atoms with Gasteiger partial charge >= 0.3 is 6.09 Å². The molecule has 2 atom stereocenters. The van der Waals surface area contributed by atoms with E-state index in [0.717, 1.165) is 5.56 Å². The third-order valence-electron chi connectivity index (χ3n) is 4.10. The third-order valence-corrected chi connectivity index (χ3v) is 4.10. The van der Waals surface area contributed by atoms with Crippen LogP contribution in [-0.2, 0) is 4.74 Å². The third kappa shape index (κ3) is 3.29. The molecule has 126 valence electrons. The zero-order chi connectivity index (χ0) is 17.1. The van der Waals surface area contributed by atoms with E-state index in [1.54, 1.807) is 0 Å². The molecule has 1 amide bonds. The number of anilines is 2. The summed E-state index contributed by atoms with van der Waals surface area (Å²) in [6.45, 7) is 6.46. The zero-order valence-electron chi connectivity index (χ0n) is 14.0. The van der Waals surface area contributed by atoms with E-state index in [4.69, 9.17) is 4.74 Å². The van der Waals surface area contributed by atoms with Gasteiger partial charge in [-0.25, -0.2) is 19.7 Å². The van der Waals surface area contributed by atoms with Gasteiger partial charge in [-0.2, -0.15) is 4.98 Å². The second kappa shape index (κ2) is 6.82. The Morgan fingerprint density at radius 1 is 1.21 bits per heavy atom. The molecule has 0 radical (unpaired) electrons. The Bertz CT molecular complexity index is 707. The van der Waals surface area contributed by atoms with Crippen LogP contribution >= 0.6 is 0 Å². The lowest BCUT2D eigenvalue weighted by molar-refractivity contribution is 0.177. The second-order valence-corrected chi connectivity index (χ2v) is 6.14. The molecule has 0 saturated carbocycles. The summed E-state index contributed by atoms with van der Waals surface area (Å²) in [4.78, 5) is 26.2. The van der Waals surface area contributed by atoms with Gasteiger partial charge in [0.25, 0.3) is 0 Å². The van der Waals surface area contributed by atoms with Crippen molar-refractivity contribution in [2.75, 3.05) is 16.8 Å². The molecule has 1 aliphatic rings. The van der Waals surface area contributed by atoms with Crippen molar-refractivity contribution in [2.24, 2.45) is 5.92 Å². The fourth-order valence-electron chi connectivity index (χ4n) is 2.65. The van der Waals surface area contributed by atoms with E-state index in [9.17, 15) is 4.79 Å². The first kappa shape index (κ1) is 16.2. The van der Waals surface area contributed by atoms with Crippen LogP contribution in [0, 0.1) is 5.92 Å². The fourth-order valence-corrected chi connectivity index (χ4v) is 2.65. The summed E-state index contributed by atoms with van der Waals surface area (Å²) in [5, 5.41) is 3.24. The highest BCUT2D eigenvalue weighted by Gasteiger charge is 2.38. The van der Waals surface area contributed by atoms with Gasteiger partial charge < -0.3 is 10.1 Å². The van der Waals surface area contributed by atoms with Crippen LogP contribution in [0.15, 0.2) is 36.7 Å². The van der Waals surface area contributed by atoms with Crippen LogP contribution in [0.1, 0.15) is 32.4 Å². The predicted octanol–water partition coefficient (Wildman–Crippen LogP) is 3.03. The fraction of sp³-hybridized carbons (Fsp3) is 0.412. The summed E-state index contributed by atoms with van der Waals surface area (Å²) < 4.78 is 5.15. The largest absolute Gasteiger partial charge is 0.447 e. The number of carbonyl (C=O) groups excluding carboxylic acids is 1. The number of hydrogen-bond donors (Lipinski definition) is 1. The molecule has 0 unspecified atom stereocenters. The molecule has 2 aromatic rings. The van der Waals surface area contributed by atoms with E-state index in [2.05, 4.69) is 20.3 Å². The van der Waals surface area contributed by atoms with Crippen molar-refractivity contribution in [3.8, 4) is 0 Å². The highest BCUT2D eigenvalue weighted by atomic mass is 16.6. The minimum absolute atomic E-state index is 0.0351. The summed E-state index contributed by atoms with van der Waals surface area (Å²) in [6.07, 6.45) is 0.993. The average Bonchev–Trinajstić information content (AvgIpc) is 2.98.